The molecule has 0 saturated carbocycles. The van der Waals surface area contributed by atoms with Crippen LogP contribution in [0.2, 0.25) is 0 Å². The number of rotatable bonds is 2. The molecule has 0 spiro atoms. The largest absolute Gasteiger partial charge is 0.487 e. The lowest BCUT2D eigenvalue weighted by Crippen LogP contribution is -2.24. The van der Waals surface area contributed by atoms with Gasteiger partial charge in [0.2, 0.25) is 0 Å². The van der Waals surface area contributed by atoms with Crippen molar-refractivity contribution in [3.8, 4) is 5.75 Å². The van der Waals surface area contributed by atoms with Crippen molar-refractivity contribution in [2.75, 3.05) is 0 Å². The maximum atomic E-state index is 10.5. The number of hydrogen-bond donors (Lipinski definition) is 1. The van der Waals surface area contributed by atoms with E-state index >= 15 is 0 Å². The van der Waals surface area contributed by atoms with Crippen LogP contribution in [0.3, 0.4) is 0 Å². The zero-order valence-corrected chi connectivity index (χ0v) is 12.3. The van der Waals surface area contributed by atoms with Crippen molar-refractivity contribution >= 4 is 11.3 Å². The van der Waals surface area contributed by atoms with Crippen LogP contribution in [0.15, 0.2) is 29.6 Å². The van der Waals surface area contributed by atoms with Gasteiger partial charge in [-0.3, -0.25) is 0 Å². The topological polar surface area (TPSA) is 29.5 Å². The Morgan fingerprint density at radius 2 is 2.11 bits per heavy atom. The zero-order chi connectivity index (χ0) is 13.6. The molecule has 0 radical (unpaired) electrons. The van der Waals surface area contributed by atoms with Crippen molar-refractivity contribution in [2.45, 2.75) is 38.9 Å². The molecule has 2 aromatic rings. The molecule has 1 unspecified atom stereocenters. The van der Waals surface area contributed by atoms with Gasteiger partial charge < -0.3 is 9.84 Å². The molecule has 1 aliphatic heterocycles. The normalized spacial score (nSPS) is 17.9. The van der Waals surface area contributed by atoms with Crippen molar-refractivity contribution < 1.29 is 9.84 Å². The molecule has 1 atom stereocenters. The lowest BCUT2D eigenvalue weighted by molar-refractivity contribution is 0.138. The SMILES string of the molecule is Cc1ccsc1C(O)c1ccc2c(c1)CC(C)(C)O2. The van der Waals surface area contributed by atoms with Crippen molar-refractivity contribution in [3.63, 3.8) is 0 Å². The molecule has 0 saturated heterocycles. The molecule has 3 rings (SSSR count). The lowest BCUT2D eigenvalue weighted by atomic mass is 9.98. The monoisotopic (exact) mass is 274 g/mol. The van der Waals surface area contributed by atoms with Gasteiger partial charge in [0.25, 0.3) is 0 Å². The van der Waals surface area contributed by atoms with E-state index in [0.717, 1.165) is 28.2 Å². The number of aliphatic hydroxyl groups is 1. The van der Waals surface area contributed by atoms with Gasteiger partial charge in [-0.1, -0.05) is 6.07 Å². The number of aliphatic hydroxyl groups excluding tert-OH is 1. The summed E-state index contributed by atoms with van der Waals surface area (Å²) in [6, 6.07) is 8.06. The molecular weight excluding hydrogens is 256 g/mol. The zero-order valence-electron chi connectivity index (χ0n) is 11.4. The Kier molecular flexibility index (Phi) is 2.91. The second-order valence-electron chi connectivity index (χ2n) is 5.78. The predicted molar refractivity (Wildman–Crippen MR) is 78.0 cm³/mol. The van der Waals surface area contributed by atoms with Gasteiger partial charge >= 0.3 is 0 Å². The first-order valence-corrected chi connectivity index (χ1v) is 7.38. The number of hydrogen-bond acceptors (Lipinski definition) is 3. The van der Waals surface area contributed by atoms with E-state index in [1.807, 2.05) is 30.5 Å². The van der Waals surface area contributed by atoms with E-state index in [2.05, 4.69) is 19.9 Å². The third kappa shape index (κ3) is 2.28. The summed E-state index contributed by atoms with van der Waals surface area (Å²) in [6.07, 6.45) is 0.362. The Morgan fingerprint density at radius 3 is 2.79 bits per heavy atom. The minimum Gasteiger partial charge on any atom is -0.487 e. The number of fused-ring (bicyclic) bond motifs is 1. The smallest absolute Gasteiger partial charge is 0.123 e. The quantitative estimate of drug-likeness (QED) is 0.901. The number of thiophene rings is 1. The van der Waals surface area contributed by atoms with E-state index in [1.165, 1.54) is 5.56 Å². The van der Waals surface area contributed by atoms with Gasteiger partial charge in [0.1, 0.15) is 17.5 Å². The van der Waals surface area contributed by atoms with E-state index in [1.54, 1.807) is 11.3 Å². The molecule has 0 bridgehead atoms. The highest BCUT2D eigenvalue weighted by Crippen LogP contribution is 2.38. The Hall–Kier alpha value is -1.32. The van der Waals surface area contributed by atoms with Crippen LogP contribution >= 0.6 is 11.3 Å². The van der Waals surface area contributed by atoms with Crippen LogP contribution < -0.4 is 4.74 Å². The Balaban J connectivity index is 1.94. The molecule has 1 aromatic carbocycles. The van der Waals surface area contributed by atoms with Gasteiger partial charge in [0.15, 0.2) is 0 Å². The number of ether oxygens (including phenoxy) is 1. The van der Waals surface area contributed by atoms with Crippen LogP contribution in [0.25, 0.3) is 0 Å². The molecule has 1 aliphatic rings. The van der Waals surface area contributed by atoms with Crippen LogP contribution in [0, 0.1) is 6.92 Å². The van der Waals surface area contributed by atoms with Gasteiger partial charge in [-0.2, -0.15) is 0 Å². The highest BCUT2D eigenvalue weighted by atomic mass is 32.1. The summed E-state index contributed by atoms with van der Waals surface area (Å²) in [7, 11) is 0. The first-order valence-electron chi connectivity index (χ1n) is 6.50. The average molecular weight is 274 g/mol. The van der Waals surface area contributed by atoms with Crippen molar-refractivity contribution in [1.82, 2.24) is 0 Å². The fraction of sp³-hybridized carbons (Fsp3) is 0.375. The van der Waals surface area contributed by atoms with Crippen molar-refractivity contribution in [1.29, 1.82) is 0 Å². The Labute approximate surface area is 117 Å². The number of aryl methyl sites for hydroxylation is 1. The van der Waals surface area contributed by atoms with E-state index in [4.69, 9.17) is 4.74 Å². The third-order valence-corrected chi connectivity index (χ3v) is 4.62. The third-order valence-electron chi connectivity index (χ3n) is 3.55. The summed E-state index contributed by atoms with van der Waals surface area (Å²) in [5.74, 6) is 0.948. The van der Waals surface area contributed by atoms with Crippen LogP contribution in [0.1, 0.15) is 41.5 Å². The molecule has 0 fully saturated rings. The van der Waals surface area contributed by atoms with Gasteiger partial charge in [0.05, 0.1) is 0 Å². The van der Waals surface area contributed by atoms with Gasteiger partial charge in [-0.25, -0.2) is 0 Å². The molecule has 0 amide bonds. The highest BCUT2D eigenvalue weighted by molar-refractivity contribution is 7.10. The minimum atomic E-state index is -0.533. The molecule has 0 aliphatic carbocycles. The maximum absolute atomic E-state index is 10.5. The molecule has 1 aromatic heterocycles. The van der Waals surface area contributed by atoms with Gasteiger partial charge in [-0.15, -0.1) is 11.3 Å². The second-order valence-corrected chi connectivity index (χ2v) is 6.72. The van der Waals surface area contributed by atoms with Crippen LogP contribution in [-0.2, 0) is 6.42 Å². The first-order chi connectivity index (χ1) is 8.96. The average Bonchev–Trinajstić information content (AvgIpc) is 2.88. The van der Waals surface area contributed by atoms with Crippen LogP contribution in [-0.4, -0.2) is 10.7 Å². The summed E-state index contributed by atoms with van der Waals surface area (Å²) in [5.41, 5.74) is 3.15. The molecular formula is C16H18O2S. The van der Waals surface area contributed by atoms with Crippen molar-refractivity contribution in [3.05, 3.63) is 51.2 Å². The fourth-order valence-electron chi connectivity index (χ4n) is 2.62. The fourth-order valence-corrected chi connectivity index (χ4v) is 3.55. The minimum absolute atomic E-state index is 0.134. The van der Waals surface area contributed by atoms with Crippen LogP contribution in [0.5, 0.6) is 5.75 Å². The van der Waals surface area contributed by atoms with E-state index in [-0.39, 0.29) is 5.60 Å². The van der Waals surface area contributed by atoms with Gasteiger partial charge in [-0.05, 0) is 61.0 Å². The summed E-state index contributed by atoms with van der Waals surface area (Å²) in [5, 5.41) is 12.5. The van der Waals surface area contributed by atoms with Crippen molar-refractivity contribution in [2.24, 2.45) is 0 Å². The van der Waals surface area contributed by atoms with E-state index in [9.17, 15) is 5.11 Å². The summed E-state index contributed by atoms with van der Waals surface area (Å²) in [6.45, 7) is 6.22. The Morgan fingerprint density at radius 1 is 1.32 bits per heavy atom. The second kappa shape index (κ2) is 4.36. The summed E-state index contributed by atoms with van der Waals surface area (Å²) >= 11 is 1.60. The standard InChI is InChI=1S/C16H18O2S/c1-10-6-7-19-15(10)14(17)11-4-5-13-12(8-11)9-16(2,3)18-13/h4-8,14,17H,9H2,1-3H3. The first kappa shape index (κ1) is 12.7. The van der Waals surface area contributed by atoms with Crippen LogP contribution in [0.4, 0.5) is 0 Å². The summed E-state index contributed by atoms with van der Waals surface area (Å²) < 4.78 is 5.86. The Bertz CT molecular complexity index is 613. The lowest BCUT2D eigenvalue weighted by Gasteiger charge is -2.16. The number of benzene rings is 1. The molecule has 3 heteroatoms. The molecule has 2 nitrogen and oxygen atoms in total. The van der Waals surface area contributed by atoms with E-state index < -0.39 is 6.10 Å². The van der Waals surface area contributed by atoms with Gasteiger partial charge in [0, 0.05) is 11.3 Å². The summed E-state index contributed by atoms with van der Waals surface area (Å²) in [4.78, 5) is 1.03. The molecule has 100 valence electrons. The van der Waals surface area contributed by atoms with E-state index in [0.29, 0.717) is 0 Å². The molecule has 2 heterocycles. The maximum Gasteiger partial charge on any atom is 0.123 e. The molecule has 19 heavy (non-hydrogen) atoms. The highest BCUT2D eigenvalue weighted by Gasteiger charge is 2.30. The predicted octanol–water partition coefficient (Wildman–Crippen LogP) is 3.85. The molecule has 1 N–H and O–H groups in total.